The number of benzene rings is 2. The van der Waals surface area contributed by atoms with Crippen LogP contribution < -0.4 is 5.32 Å². The zero-order chi connectivity index (χ0) is 18.7. The number of hydrogen-bond donors (Lipinski definition) is 2. The lowest BCUT2D eigenvalue weighted by atomic mass is 9.73. The fraction of sp³-hybridized carbons (Fsp3) is 0.381. The molecule has 0 saturated carbocycles. The van der Waals surface area contributed by atoms with Crippen LogP contribution in [0.1, 0.15) is 49.9 Å². The highest BCUT2D eigenvalue weighted by molar-refractivity contribution is 6.30. The second-order valence-corrected chi connectivity index (χ2v) is 7.81. The van der Waals surface area contributed by atoms with Gasteiger partial charge in [0.1, 0.15) is 0 Å². The molecule has 26 heavy (non-hydrogen) atoms. The van der Waals surface area contributed by atoms with Gasteiger partial charge in [0.2, 0.25) is 0 Å². The summed E-state index contributed by atoms with van der Waals surface area (Å²) in [6.45, 7) is 4.27. The Morgan fingerprint density at radius 1 is 0.923 bits per heavy atom. The van der Waals surface area contributed by atoms with Crippen LogP contribution in [0.5, 0.6) is 0 Å². The molecule has 1 aliphatic heterocycles. The monoisotopic (exact) mass is 390 g/mol. The van der Waals surface area contributed by atoms with Gasteiger partial charge in [-0.3, -0.25) is 0 Å². The number of nitrogens with zero attached hydrogens (tertiary/aromatic N) is 1. The first kappa shape index (κ1) is 19.2. The summed E-state index contributed by atoms with van der Waals surface area (Å²) >= 11 is 12.1. The van der Waals surface area contributed by atoms with Gasteiger partial charge in [0.25, 0.3) is 0 Å². The van der Waals surface area contributed by atoms with Crippen molar-refractivity contribution in [3.8, 4) is 0 Å². The molecule has 0 aromatic heterocycles. The van der Waals surface area contributed by atoms with Crippen LogP contribution in [0.25, 0.3) is 0 Å². The van der Waals surface area contributed by atoms with Gasteiger partial charge in [-0.05, 0) is 41.8 Å². The fourth-order valence-corrected chi connectivity index (χ4v) is 4.23. The summed E-state index contributed by atoms with van der Waals surface area (Å²) in [6.07, 6.45) is 1.98. The van der Waals surface area contributed by atoms with Gasteiger partial charge in [0.05, 0.1) is 5.71 Å². The van der Waals surface area contributed by atoms with Gasteiger partial charge in [0.15, 0.2) is 0 Å². The first-order chi connectivity index (χ1) is 12.5. The Morgan fingerprint density at radius 2 is 1.42 bits per heavy atom. The molecule has 2 N–H and O–H groups in total. The minimum atomic E-state index is 0.0481. The van der Waals surface area contributed by atoms with Crippen LogP contribution >= 0.6 is 23.2 Å². The molecule has 2 aromatic carbocycles. The first-order valence-corrected chi connectivity index (χ1v) is 9.79. The van der Waals surface area contributed by atoms with Crippen molar-refractivity contribution in [2.75, 3.05) is 0 Å². The molecule has 3 rings (SSSR count). The maximum Gasteiger partial charge on any atom is 0.0667 e. The molecule has 0 aliphatic carbocycles. The van der Waals surface area contributed by atoms with Gasteiger partial charge in [-0.2, -0.15) is 0 Å². The molecular formula is C21H24Cl2N2O. The van der Waals surface area contributed by atoms with Crippen LogP contribution in [0, 0.1) is 11.8 Å². The van der Waals surface area contributed by atoms with E-state index in [0.717, 1.165) is 34.7 Å². The maximum atomic E-state index is 9.79. The lowest BCUT2D eigenvalue weighted by molar-refractivity contribution is 0.258. The van der Waals surface area contributed by atoms with Crippen LogP contribution in [0.4, 0.5) is 0 Å². The van der Waals surface area contributed by atoms with Crippen molar-refractivity contribution in [2.45, 2.75) is 38.8 Å². The van der Waals surface area contributed by atoms with Crippen LogP contribution in [0.2, 0.25) is 10.0 Å². The van der Waals surface area contributed by atoms with Crippen molar-refractivity contribution in [3.63, 3.8) is 0 Å². The standard InChI is InChI=1S/C21H24Cl2N2O/c1-3-4-18-20(25-26)13(2)19(14-5-9-16(22)10-6-14)24-21(18)15-7-11-17(23)12-8-15/h5-13,18-19,21,24,26H,3-4H2,1-2H3. The van der Waals surface area contributed by atoms with Crippen molar-refractivity contribution in [3.05, 3.63) is 69.7 Å². The van der Waals surface area contributed by atoms with Gasteiger partial charge in [-0.15, -0.1) is 0 Å². The SMILES string of the molecule is CCCC1C(=NO)C(C)C(c2ccc(Cl)cc2)NC1c1ccc(Cl)cc1. The van der Waals surface area contributed by atoms with Crippen LogP contribution in [0.3, 0.4) is 0 Å². The average Bonchev–Trinajstić information content (AvgIpc) is 2.64. The zero-order valence-electron chi connectivity index (χ0n) is 15.0. The van der Waals surface area contributed by atoms with E-state index in [0.29, 0.717) is 5.02 Å². The third-order valence-corrected chi connectivity index (χ3v) is 5.79. The molecule has 5 heteroatoms. The summed E-state index contributed by atoms with van der Waals surface area (Å²) in [7, 11) is 0. The molecule has 4 unspecified atom stereocenters. The predicted molar refractivity (Wildman–Crippen MR) is 108 cm³/mol. The Bertz CT molecular complexity index is 759. The van der Waals surface area contributed by atoms with Gasteiger partial charge >= 0.3 is 0 Å². The van der Waals surface area contributed by atoms with Crippen LogP contribution in [-0.4, -0.2) is 10.9 Å². The number of hydrogen-bond acceptors (Lipinski definition) is 3. The van der Waals surface area contributed by atoms with E-state index in [1.807, 2.05) is 48.5 Å². The Kier molecular flexibility index (Phi) is 6.23. The van der Waals surface area contributed by atoms with Crippen molar-refractivity contribution in [1.29, 1.82) is 0 Å². The van der Waals surface area contributed by atoms with Crippen molar-refractivity contribution >= 4 is 28.9 Å². The van der Waals surface area contributed by atoms with Gasteiger partial charge in [-0.1, -0.05) is 72.9 Å². The van der Waals surface area contributed by atoms with Crippen molar-refractivity contribution in [2.24, 2.45) is 17.0 Å². The van der Waals surface area contributed by atoms with E-state index in [1.54, 1.807) is 0 Å². The van der Waals surface area contributed by atoms with E-state index in [4.69, 9.17) is 23.2 Å². The van der Waals surface area contributed by atoms with E-state index in [-0.39, 0.29) is 23.9 Å². The van der Waals surface area contributed by atoms with E-state index in [2.05, 4.69) is 24.3 Å². The third kappa shape index (κ3) is 3.90. The summed E-state index contributed by atoms with van der Waals surface area (Å²) in [4.78, 5) is 0. The number of nitrogens with one attached hydrogen (secondary N) is 1. The van der Waals surface area contributed by atoms with Crippen LogP contribution in [0.15, 0.2) is 53.7 Å². The number of rotatable bonds is 4. The van der Waals surface area contributed by atoms with Gasteiger partial charge < -0.3 is 10.5 Å². The molecule has 4 atom stereocenters. The molecule has 1 aliphatic rings. The first-order valence-electron chi connectivity index (χ1n) is 9.04. The molecule has 1 heterocycles. The molecule has 0 bridgehead atoms. The normalized spacial score (nSPS) is 27.6. The number of piperidine rings is 1. The molecule has 2 aromatic rings. The van der Waals surface area contributed by atoms with E-state index >= 15 is 0 Å². The molecule has 0 amide bonds. The largest absolute Gasteiger partial charge is 0.411 e. The Balaban J connectivity index is 2.01. The molecule has 0 radical (unpaired) electrons. The topological polar surface area (TPSA) is 44.6 Å². The maximum absolute atomic E-state index is 9.79. The lowest BCUT2D eigenvalue weighted by Crippen LogP contribution is -2.47. The van der Waals surface area contributed by atoms with E-state index in [9.17, 15) is 5.21 Å². The fourth-order valence-electron chi connectivity index (χ4n) is 3.98. The summed E-state index contributed by atoms with van der Waals surface area (Å²) in [5.74, 6) is 0.228. The molecule has 3 nitrogen and oxygen atoms in total. The lowest BCUT2D eigenvalue weighted by Gasteiger charge is -2.42. The Morgan fingerprint density at radius 3 is 1.88 bits per heavy atom. The van der Waals surface area contributed by atoms with Crippen molar-refractivity contribution < 1.29 is 5.21 Å². The van der Waals surface area contributed by atoms with Gasteiger partial charge in [0, 0.05) is 34.0 Å². The average molecular weight is 391 g/mol. The highest BCUT2D eigenvalue weighted by atomic mass is 35.5. The Hall–Kier alpha value is -1.55. The summed E-state index contributed by atoms with van der Waals surface area (Å²) in [5.41, 5.74) is 3.14. The molecular weight excluding hydrogens is 367 g/mol. The molecule has 1 fully saturated rings. The molecule has 1 saturated heterocycles. The predicted octanol–water partition coefficient (Wildman–Crippen LogP) is 6.26. The molecule has 138 valence electrons. The smallest absolute Gasteiger partial charge is 0.0667 e. The highest BCUT2D eigenvalue weighted by Gasteiger charge is 2.40. The molecule has 0 spiro atoms. The minimum Gasteiger partial charge on any atom is -0.411 e. The quantitative estimate of drug-likeness (QED) is 0.477. The second kappa shape index (κ2) is 8.43. The summed E-state index contributed by atoms with van der Waals surface area (Å²) in [6, 6.07) is 15.9. The van der Waals surface area contributed by atoms with E-state index in [1.165, 1.54) is 0 Å². The minimum absolute atomic E-state index is 0.0481. The summed E-state index contributed by atoms with van der Waals surface area (Å²) in [5, 5.41) is 18.8. The second-order valence-electron chi connectivity index (χ2n) is 6.93. The Labute approximate surface area is 165 Å². The zero-order valence-corrected chi connectivity index (χ0v) is 16.5. The highest BCUT2D eigenvalue weighted by Crippen LogP contribution is 2.41. The summed E-state index contributed by atoms with van der Waals surface area (Å²) < 4.78 is 0. The van der Waals surface area contributed by atoms with Crippen LogP contribution in [-0.2, 0) is 0 Å². The van der Waals surface area contributed by atoms with E-state index < -0.39 is 0 Å². The van der Waals surface area contributed by atoms with Crippen molar-refractivity contribution in [1.82, 2.24) is 5.32 Å². The number of oxime groups is 1. The number of halogens is 2. The third-order valence-electron chi connectivity index (χ3n) is 5.28. The van der Waals surface area contributed by atoms with Gasteiger partial charge in [-0.25, -0.2) is 0 Å².